The molecule has 1 N–H and O–H groups in total. The number of ether oxygens (including phenoxy) is 2. The Morgan fingerprint density at radius 1 is 0.317 bits per heavy atom. The summed E-state index contributed by atoms with van der Waals surface area (Å²) in [7, 11) is 0. The van der Waals surface area contributed by atoms with E-state index in [0.717, 1.165) is 32.1 Å². The summed E-state index contributed by atoms with van der Waals surface area (Å²) in [6.07, 6.45) is 62.3. The number of rotatable bonds is 52. The van der Waals surface area contributed by atoms with E-state index in [1.165, 1.54) is 263 Å². The number of carbonyl (C=O) groups is 2. The molecule has 0 aliphatic carbocycles. The second-order valence-corrected chi connectivity index (χ2v) is 19.0. The molecule has 1 atom stereocenters. The third-order valence-electron chi connectivity index (χ3n) is 12.9. The average Bonchev–Trinajstić information content (AvgIpc) is 3.25. The van der Waals surface area contributed by atoms with Crippen LogP contribution in [0.15, 0.2) is 0 Å². The van der Waals surface area contributed by atoms with E-state index in [-0.39, 0.29) is 25.2 Å². The smallest absolute Gasteiger partial charge is 0.306 e. The van der Waals surface area contributed by atoms with Crippen LogP contribution in [0.4, 0.5) is 0 Å². The highest BCUT2D eigenvalue weighted by Gasteiger charge is 2.16. The summed E-state index contributed by atoms with van der Waals surface area (Å²) in [5.74, 6) is -0.566. The average molecular weight is 849 g/mol. The van der Waals surface area contributed by atoms with Crippen molar-refractivity contribution in [2.24, 2.45) is 0 Å². The molecule has 0 heterocycles. The molecular formula is C55H108O5. The van der Waals surface area contributed by atoms with Crippen molar-refractivity contribution in [3.05, 3.63) is 0 Å². The van der Waals surface area contributed by atoms with Gasteiger partial charge in [0.25, 0.3) is 0 Å². The number of hydrogen-bond donors (Lipinski definition) is 1. The Morgan fingerprint density at radius 2 is 0.517 bits per heavy atom. The molecule has 5 heteroatoms. The van der Waals surface area contributed by atoms with Gasteiger partial charge in [-0.2, -0.15) is 0 Å². The van der Waals surface area contributed by atoms with Crippen LogP contribution in [0.2, 0.25) is 0 Å². The lowest BCUT2D eigenvalue weighted by molar-refractivity contribution is -0.161. The fourth-order valence-electron chi connectivity index (χ4n) is 8.74. The van der Waals surface area contributed by atoms with E-state index in [1.54, 1.807) is 0 Å². The first-order valence-electron chi connectivity index (χ1n) is 27.6. The Bertz CT molecular complexity index is 830. The molecule has 0 radical (unpaired) electrons. The van der Waals surface area contributed by atoms with Crippen molar-refractivity contribution in [2.45, 2.75) is 328 Å². The fraction of sp³-hybridized carbons (Fsp3) is 0.964. The molecule has 0 fully saturated rings. The summed E-state index contributed by atoms with van der Waals surface area (Å²) < 4.78 is 10.7. The lowest BCUT2D eigenvalue weighted by atomic mass is 10.0. The molecule has 60 heavy (non-hydrogen) atoms. The largest absolute Gasteiger partial charge is 0.462 e. The predicted octanol–water partition coefficient (Wildman–Crippen LogP) is 18.2. The monoisotopic (exact) mass is 849 g/mol. The summed E-state index contributed by atoms with van der Waals surface area (Å²) in [5.41, 5.74) is 0. The van der Waals surface area contributed by atoms with Crippen LogP contribution in [0.3, 0.4) is 0 Å². The van der Waals surface area contributed by atoms with Gasteiger partial charge in [0, 0.05) is 12.8 Å². The van der Waals surface area contributed by atoms with E-state index < -0.39 is 6.10 Å². The maximum Gasteiger partial charge on any atom is 0.306 e. The van der Waals surface area contributed by atoms with Gasteiger partial charge in [0.15, 0.2) is 6.10 Å². The first-order chi connectivity index (χ1) is 29.6. The molecule has 0 saturated heterocycles. The SMILES string of the molecule is CCCCCCCCCCCCCCCCCCCCCCCCCCCCCCCCC(=O)OC(CO)COC(=O)CCCCCCCCCCCCCCCCCC. The molecule has 0 aliphatic rings. The second kappa shape index (κ2) is 52.2. The first kappa shape index (κ1) is 58.9. The Balaban J connectivity index is 3.37. The predicted molar refractivity (Wildman–Crippen MR) is 261 cm³/mol. The standard InChI is InChI=1S/C55H108O5/c1-3-5-7-9-11-13-15-17-19-21-22-23-24-25-26-27-28-29-30-31-32-33-34-36-38-40-42-44-46-48-50-55(58)60-53(51-56)52-59-54(57)49-47-45-43-41-39-37-35-20-18-16-14-12-10-8-6-4-2/h53,56H,3-52H2,1-2H3. The maximum absolute atomic E-state index is 12.3. The molecule has 0 aromatic rings. The first-order valence-corrected chi connectivity index (χ1v) is 27.6. The maximum atomic E-state index is 12.3. The highest BCUT2D eigenvalue weighted by atomic mass is 16.6. The molecule has 0 rings (SSSR count). The van der Waals surface area contributed by atoms with Crippen molar-refractivity contribution in [1.29, 1.82) is 0 Å². The molecule has 1 unspecified atom stereocenters. The second-order valence-electron chi connectivity index (χ2n) is 19.0. The van der Waals surface area contributed by atoms with Gasteiger partial charge in [-0.15, -0.1) is 0 Å². The zero-order valence-electron chi connectivity index (χ0n) is 41.0. The number of hydrogen-bond acceptors (Lipinski definition) is 5. The van der Waals surface area contributed by atoms with Crippen LogP contribution < -0.4 is 0 Å². The van der Waals surface area contributed by atoms with Crippen LogP contribution in [0.25, 0.3) is 0 Å². The van der Waals surface area contributed by atoms with Gasteiger partial charge in [0.05, 0.1) is 6.61 Å². The highest BCUT2D eigenvalue weighted by Crippen LogP contribution is 2.18. The Morgan fingerprint density at radius 3 is 0.733 bits per heavy atom. The van der Waals surface area contributed by atoms with Crippen molar-refractivity contribution >= 4 is 11.9 Å². The normalized spacial score (nSPS) is 12.0. The minimum absolute atomic E-state index is 0.0560. The molecule has 0 aliphatic heterocycles. The van der Waals surface area contributed by atoms with Gasteiger partial charge in [0.1, 0.15) is 6.61 Å². The quantitative estimate of drug-likeness (QED) is 0.0488. The van der Waals surface area contributed by atoms with Crippen LogP contribution >= 0.6 is 0 Å². The number of esters is 2. The van der Waals surface area contributed by atoms with Gasteiger partial charge >= 0.3 is 11.9 Å². The van der Waals surface area contributed by atoms with Gasteiger partial charge in [-0.25, -0.2) is 0 Å². The molecule has 0 aromatic carbocycles. The number of aliphatic hydroxyl groups is 1. The molecule has 0 spiro atoms. The lowest BCUT2D eigenvalue weighted by Gasteiger charge is -2.15. The minimum Gasteiger partial charge on any atom is -0.462 e. The topological polar surface area (TPSA) is 72.8 Å². The van der Waals surface area contributed by atoms with Gasteiger partial charge in [-0.3, -0.25) is 9.59 Å². The molecule has 0 bridgehead atoms. The van der Waals surface area contributed by atoms with Gasteiger partial charge < -0.3 is 14.6 Å². The molecule has 0 saturated carbocycles. The summed E-state index contributed by atoms with van der Waals surface area (Å²) in [6, 6.07) is 0. The van der Waals surface area contributed by atoms with Crippen LogP contribution in [-0.4, -0.2) is 36.4 Å². The molecule has 0 aromatic heterocycles. The van der Waals surface area contributed by atoms with E-state index in [9.17, 15) is 14.7 Å². The summed E-state index contributed by atoms with van der Waals surface area (Å²) in [4.78, 5) is 24.4. The third kappa shape index (κ3) is 49.6. The Labute approximate surface area is 376 Å². The zero-order chi connectivity index (χ0) is 43.5. The van der Waals surface area contributed by atoms with Crippen LogP contribution in [0, 0.1) is 0 Å². The van der Waals surface area contributed by atoms with Crippen molar-refractivity contribution in [3.63, 3.8) is 0 Å². The third-order valence-corrected chi connectivity index (χ3v) is 12.9. The molecule has 0 amide bonds. The zero-order valence-corrected chi connectivity index (χ0v) is 41.0. The van der Waals surface area contributed by atoms with Crippen molar-refractivity contribution in [2.75, 3.05) is 13.2 Å². The van der Waals surface area contributed by atoms with Crippen LogP contribution in [0.5, 0.6) is 0 Å². The summed E-state index contributed by atoms with van der Waals surface area (Å²) in [6.45, 7) is 4.20. The highest BCUT2D eigenvalue weighted by molar-refractivity contribution is 5.70. The number of unbranched alkanes of at least 4 members (excludes halogenated alkanes) is 44. The van der Waals surface area contributed by atoms with E-state index in [1.807, 2.05) is 0 Å². The van der Waals surface area contributed by atoms with E-state index in [4.69, 9.17) is 9.47 Å². The van der Waals surface area contributed by atoms with Crippen molar-refractivity contribution in [1.82, 2.24) is 0 Å². The van der Waals surface area contributed by atoms with E-state index >= 15 is 0 Å². The Kier molecular flexibility index (Phi) is 51.3. The van der Waals surface area contributed by atoms with Gasteiger partial charge in [0.2, 0.25) is 0 Å². The molecule has 358 valence electrons. The number of carbonyl (C=O) groups excluding carboxylic acids is 2. The van der Waals surface area contributed by atoms with E-state index in [0.29, 0.717) is 12.8 Å². The summed E-state index contributed by atoms with van der Waals surface area (Å²) in [5, 5.41) is 9.63. The van der Waals surface area contributed by atoms with Gasteiger partial charge in [-0.05, 0) is 12.8 Å². The van der Waals surface area contributed by atoms with Crippen LogP contribution in [-0.2, 0) is 19.1 Å². The van der Waals surface area contributed by atoms with Crippen molar-refractivity contribution in [3.8, 4) is 0 Å². The number of aliphatic hydroxyl groups excluding tert-OH is 1. The Hall–Kier alpha value is -1.10. The van der Waals surface area contributed by atoms with Crippen LogP contribution in [0.1, 0.15) is 322 Å². The van der Waals surface area contributed by atoms with Crippen molar-refractivity contribution < 1.29 is 24.2 Å². The molecular weight excluding hydrogens is 741 g/mol. The fourth-order valence-corrected chi connectivity index (χ4v) is 8.74. The van der Waals surface area contributed by atoms with E-state index in [2.05, 4.69) is 13.8 Å². The molecule has 5 nitrogen and oxygen atoms in total. The minimum atomic E-state index is -0.763. The summed E-state index contributed by atoms with van der Waals surface area (Å²) >= 11 is 0. The lowest BCUT2D eigenvalue weighted by Crippen LogP contribution is -2.28. The van der Waals surface area contributed by atoms with Gasteiger partial charge in [-0.1, -0.05) is 296 Å².